The molecule has 0 aromatic heterocycles. The quantitative estimate of drug-likeness (QED) is 0.428. The Bertz CT molecular complexity index is 853. The standard InChI is InChI=1S/C30H50O4/c1-17(16-31)18-8-10-27(4)12-13-28(5)19(24(18)27)14-20(32)25-29(28,6)11-9-21-26(2,3)22(33)15-23(34)30(21,25)7/h18-25,31-34H,1,8-16H2,2-7H3. The van der Waals surface area contributed by atoms with Gasteiger partial charge in [0.1, 0.15) is 0 Å². The van der Waals surface area contributed by atoms with E-state index < -0.39 is 23.7 Å². The van der Waals surface area contributed by atoms with Crippen molar-refractivity contribution in [1.29, 1.82) is 0 Å². The second kappa shape index (κ2) is 7.55. The second-order valence-corrected chi connectivity index (χ2v) is 14.9. The summed E-state index contributed by atoms with van der Waals surface area (Å²) in [4.78, 5) is 0. The number of fused-ring (bicyclic) bond motifs is 7. The average Bonchev–Trinajstić information content (AvgIpc) is 3.11. The minimum atomic E-state index is -0.595. The molecular formula is C30H50O4. The highest BCUT2D eigenvalue weighted by atomic mass is 16.3. The third kappa shape index (κ3) is 2.86. The lowest BCUT2D eigenvalue weighted by Gasteiger charge is -2.74. The molecule has 0 aromatic carbocycles. The summed E-state index contributed by atoms with van der Waals surface area (Å²) in [6, 6.07) is 0. The van der Waals surface area contributed by atoms with Crippen LogP contribution in [-0.4, -0.2) is 45.3 Å². The summed E-state index contributed by atoms with van der Waals surface area (Å²) in [6.45, 7) is 18.3. The number of hydrogen-bond donors (Lipinski definition) is 4. The van der Waals surface area contributed by atoms with Gasteiger partial charge in [0.2, 0.25) is 0 Å². The van der Waals surface area contributed by atoms with Crippen LogP contribution in [0, 0.1) is 56.7 Å². The molecule has 0 amide bonds. The number of hydrogen-bond acceptors (Lipinski definition) is 4. The van der Waals surface area contributed by atoms with E-state index in [2.05, 4.69) is 48.1 Å². The van der Waals surface area contributed by atoms with Crippen molar-refractivity contribution >= 4 is 0 Å². The third-order valence-electron chi connectivity index (χ3n) is 13.6. The van der Waals surface area contributed by atoms with Crippen molar-refractivity contribution in [1.82, 2.24) is 0 Å². The normalized spacial score (nSPS) is 58.3. The molecule has 0 radical (unpaired) electrons. The van der Waals surface area contributed by atoms with Crippen LogP contribution in [0.15, 0.2) is 12.2 Å². The summed E-state index contributed by atoms with van der Waals surface area (Å²) < 4.78 is 0. The first kappa shape index (κ1) is 25.2. The van der Waals surface area contributed by atoms with Gasteiger partial charge in [0.05, 0.1) is 24.9 Å². The lowest BCUT2D eigenvalue weighted by molar-refractivity contribution is -0.298. The topological polar surface area (TPSA) is 80.9 Å². The van der Waals surface area contributed by atoms with Crippen molar-refractivity contribution in [3.8, 4) is 0 Å². The van der Waals surface area contributed by atoms with Crippen LogP contribution in [0.2, 0.25) is 0 Å². The van der Waals surface area contributed by atoms with Crippen LogP contribution in [0.3, 0.4) is 0 Å². The van der Waals surface area contributed by atoms with Crippen molar-refractivity contribution < 1.29 is 20.4 Å². The molecule has 0 bridgehead atoms. The van der Waals surface area contributed by atoms with Gasteiger partial charge in [-0.1, -0.05) is 48.1 Å². The molecule has 0 heterocycles. The zero-order valence-corrected chi connectivity index (χ0v) is 22.5. The maximum absolute atomic E-state index is 12.0. The molecule has 4 heteroatoms. The Morgan fingerprint density at radius 1 is 0.824 bits per heavy atom. The Balaban J connectivity index is 1.60. The fraction of sp³-hybridized carbons (Fsp3) is 0.933. The lowest BCUT2D eigenvalue weighted by Crippen LogP contribution is -2.72. The minimum Gasteiger partial charge on any atom is -0.393 e. The Hall–Kier alpha value is -0.420. The van der Waals surface area contributed by atoms with Crippen LogP contribution in [0.4, 0.5) is 0 Å². The van der Waals surface area contributed by atoms with E-state index >= 15 is 0 Å². The lowest BCUT2D eigenvalue weighted by atomic mass is 9.31. The third-order valence-corrected chi connectivity index (χ3v) is 13.6. The van der Waals surface area contributed by atoms with Crippen LogP contribution in [0.5, 0.6) is 0 Å². The molecule has 0 saturated heterocycles. The van der Waals surface area contributed by atoms with E-state index in [0.29, 0.717) is 24.2 Å². The zero-order valence-electron chi connectivity index (χ0n) is 22.5. The van der Waals surface area contributed by atoms with Gasteiger partial charge < -0.3 is 20.4 Å². The molecule has 0 aromatic rings. The monoisotopic (exact) mass is 474 g/mol. The molecule has 5 fully saturated rings. The molecule has 34 heavy (non-hydrogen) atoms. The number of aliphatic hydroxyl groups excluding tert-OH is 4. The number of rotatable bonds is 2. The summed E-state index contributed by atoms with van der Waals surface area (Å²) in [7, 11) is 0. The molecule has 4 nitrogen and oxygen atoms in total. The summed E-state index contributed by atoms with van der Waals surface area (Å²) in [5.74, 6) is 1.41. The average molecular weight is 475 g/mol. The van der Waals surface area contributed by atoms with E-state index in [1.165, 1.54) is 19.3 Å². The van der Waals surface area contributed by atoms with Crippen molar-refractivity contribution in [3.05, 3.63) is 12.2 Å². The first-order valence-electron chi connectivity index (χ1n) is 14.0. The smallest absolute Gasteiger partial charge is 0.0641 e. The summed E-state index contributed by atoms with van der Waals surface area (Å²) in [5.41, 5.74) is 0.560. The number of aliphatic hydroxyl groups is 4. The Kier molecular flexibility index (Phi) is 5.61. The molecule has 12 atom stereocenters. The van der Waals surface area contributed by atoms with Crippen molar-refractivity contribution in [2.24, 2.45) is 56.7 Å². The molecule has 0 spiro atoms. The SMILES string of the molecule is C=C(CO)C1CCC2(C)CCC3(C)C(CC(O)C4C5(C)C(O)CC(O)C(C)(C)C5CCC43C)C12. The molecule has 5 saturated carbocycles. The van der Waals surface area contributed by atoms with Crippen LogP contribution in [0.1, 0.15) is 92.9 Å². The van der Waals surface area contributed by atoms with Gasteiger partial charge in [-0.2, -0.15) is 0 Å². The molecule has 4 N–H and O–H groups in total. The van der Waals surface area contributed by atoms with Crippen LogP contribution < -0.4 is 0 Å². The Morgan fingerprint density at radius 2 is 1.50 bits per heavy atom. The molecule has 5 aliphatic rings. The fourth-order valence-corrected chi connectivity index (χ4v) is 11.5. The van der Waals surface area contributed by atoms with Crippen LogP contribution >= 0.6 is 0 Å². The van der Waals surface area contributed by atoms with Crippen molar-refractivity contribution in [2.75, 3.05) is 6.61 Å². The van der Waals surface area contributed by atoms with Gasteiger partial charge in [0, 0.05) is 11.8 Å². The zero-order chi connectivity index (χ0) is 25.1. The fourth-order valence-electron chi connectivity index (χ4n) is 11.5. The molecule has 12 unspecified atom stereocenters. The predicted octanol–water partition coefficient (Wildman–Crippen LogP) is 4.94. The first-order chi connectivity index (χ1) is 15.7. The molecule has 194 valence electrons. The summed E-state index contributed by atoms with van der Waals surface area (Å²) in [6.07, 6.45) is 6.33. The van der Waals surface area contributed by atoms with Gasteiger partial charge in [-0.15, -0.1) is 0 Å². The molecular weight excluding hydrogens is 424 g/mol. The molecule has 5 rings (SSSR count). The van der Waals surface area contributed by atoms with Gasteiger partial charge >= 0.3 is 0 Å². The van der Waals surface area contributed by atoms with E-state index in [4.69, 9.17) is 0 Å². The van der Waals surface area contributed by atoms with Crippen LogP contribution in [-0.2, 0) is 0 Å². The van der Waals surface area contributed by atoms with Gasteiger partial charge in [-0.3, -0.25) is 0 Å². The van der Waals surface area contributed by atoms with E-state index in [0.717, 1.165) is 31.3 Å². The highest BCUT2D eigenvalue weighted by molar-refractivity contribution is 5.23. The predicted molar refractivity (Wildman–Crippen MR) is 135 cm³/mol. The second-order valence-electron chi connectivity index (χ2n) is 14.9. The maximum atomic E-state index is 12.0. The van der Waals surface area contributed by atoms with Gasteiger partial charge in [-0.25, -0.2) is 0 Å². The van der Waals surface area contributed by atoms with Gasteiger partial charge in [0.25, 0.3) is 0 Å². The highest BCUT2D eigenvalue weighted by Gasteiger charge is 2.73. The van der Waals surface area contributed by atoms with Crippen molar-refractivity contribution in [3.63, 3.8) is 0 Å². The molecule has 5 aliphatic carbocycles. The Labute approximate surface area is 207 Å². The summed E-state index contributed by atoms with van der Waals surface area (Å²) >= 11 is 0. The highest BCUT2D eigenvalue weighted by Crippen LogP contribution is 2.77. The van der Waals surface area contributed by atoms with Gasteiger partial charge in [-0.05, 0) is 102 Å². The van der Waals surface area contributed by atoms with E-state index in [-0.39, 0.29) is 40.1 Å². The van der Waals surface area contributed by atoms with E-state index in [1.807, 2.05) is 0 Å². The van der Waals surface area contributed by atoms with E-state index in [1.54, 1.807) is 0 Å². The van der Waals surface area contributed by atoms with E-state index in [9.17, 15) is 20.4 Å². The first-order valence-corrected chi connectivity index (χ1v) is 14.0. The minimum absolute atomic E-state index is 0.0204. The van der Waals surface area contributed by atoms with Crippen molar-refractivity contribution in [2.45, 2.75) is 111 Å². The molecule has 0 aliphatic heterocycles. The van der Waals surface area contributed by atoms with Crippen LogP contribution in [0.25, 0.3) is 0 Å². The maximum Gasteiger partial charge on any atom is 0.0641 e. The summed E-state index contributed by atoms with van der Waals surface area (Å²) in [5, 5.41) is 44.5. The van der Waals surface area contributed by atoms with Gasteiger partial charge in [0.15, 0.2) is 0 Å². The Morgan fingerprint density at radius 3 is 2.15 bits per heavy atom. The largest absolute Gasteiger partial charge is 0.393 e.